The molecule has 0 saturated carbocycles. The number of aryl methyl sites for hydroxylation is 1. The monoisotopic (exact) mass is 451 g/mol. The van der Waals surface area contributed by atoms with Crippen LogP contribution >= 0.6 is 0 Å². The standard InChI is InChI=1S/C26H33N3O4/c1-4-29(5-2)16-17-32-23-18-21(14-15-22(23)31-3)28-25(30)12-9-13-26-27-19-24(33-26)20-10-7-6-8-11-20/h6-8,10-11,14-15,18-19H,4-5,9,12-13,16-17H2,1-3H3,(H,28,30). The number of hydrogen-bond donors (Lipinski definition) is 1. The van der Waals surface area contributed by atoms with Crippen LogP contribution in [-0.2, 0) is 11.2 Å². The van der Waals surface area contributed by atoms with E-state index in [0.717, 1.165) is 31.0 Å². The molecule has 176 valence electrons. The Bertz CT molecular complexity index is 1000. The highest BCUT2D eigenvalue weighted by Crippen LogP contribution is 2.30. The molecule has 1 N–H and O–H groups in total. The van der Waals surface area contributed by atoms with E-state index in [2.05, 4.69) is 29.0 Å². The minimum atomic E-state index is -0.0657. The molecule has 7 nitrogen and oxygen atoms in total. The summed E-state index contributed by atoms with van der Waals surface area (Å²) in [6.07, 6.45) is 3.34. The molecule has 0 spiro atoms. The van der Waals surface area contributed by atoms with Crippen molar-refractivity contribution >= 4 is 11.6 Å². The van der Waals surface area contributed by atoms with E-state index >= 15 is 0 Å². The van der Waals surface area contributed by atoms with Crippen molar-refractivity contribution < 1.29 is 18.7 Å². The van der Waals surface area contributed by atoms with Gasteiger partial charge in [-0.05, 0) is 31.6 Å². The molecule has 0 fully saturated rings. The molecule has 0 radical (unpaired) electrons. The van der Waals surface area contributed by atoms with Gasteiger partial charge in [-0.2, -0.15) is 0 Å². The number of carbonyl (C=O) groups is 1. The van der Waals surface area contributed by atoms with Crippen molar-refractivity contribution in [2.75, 3.05) is 38.7 Å². The zero-order valence-electron chi connectivity index (χ0n) is 19.7. The molecule has 0 atom stereocenters. The molecule has 3 rings (SSSR count). The van der Waals surface area contributed by atoms with Gasteiger partial charge in [-0.1, -0.05) is 44.2 Å². The van der Waals surface area contributed by atoms with Crippen molar-refractivity contribution in [3.8, 4) is 22.8 Å². The number of ether oxygens (including phenoxy) is 2. The molecule has 2 aromatic carbocycles. The highest BCUT2D eigenvalue weighted by molar-refractivity contribution is 5.91. The predicted octanol–water partition coefficient (Wildman–Crippen LogP) is 5.03. The average molecular weight is 452 g/mol. The highest BCUT2D eigenvalue weighted by atomic mass is 16.5. The number of anilines is 1. The van der Waals surface area contributed by atoms with E-state index in [0.29, 0.717) is 48.9 Å². The van der Waals surface area contributed by atoms with E-state index in [1.165, 1.54) is 0 Å². The predicted molar refractivity (Wildman–Crippen MR) is 130 cm³/mol. The first-order chi connectivity index (χ1) is 16.1. The van der Waals surface area contributed by atoms with E-state index in [4.69, 9.17) is 13.9 Å². The van der Waals surface area contributed by atoms with Crippen LogP contribution in [0.4, 0.5) is 5.69 Å². The number of methoxy groups -OCH3 is 1. The Morgan fingerprint density at radius 3 is 2.61 bits per heavy atom. The number of nitrogens with zero attached hydrogens (tertiary/aromatic N) is 2. The van der Waals surface area contributed by atoms with E-state index in [9.17, 15) is 4.79 Å². The zero-order chi connectivity index (χ0) is 23.5. The largest absolute Gasteiger partial charge is 0.493 e. The lowest BCUT2D eigenvalue weighted by atomic mass is 10.2. The van der Waals surface area contributed by atoms with E-state index in [-0.39, 0.29) is 5.91 Å². The molecule has 3 aromatic rings. The Hall–Kier alpha value is -3.32. The maximum atomic E-state index is 12.4. The number of nitrogens with one attached hydrogen (secondary N) is 1. The summed E-state index contributed by atoms with van der Waals surface area (Å²) in [7, 11) is 1.61. The van der Waals surface area contributed by atoms with Gasteiger partial charge in [0.1, 0.15) is 6.61 Å². The van der Waals surface area contributed by atoms with Crippen molar-refractivity contribution in [3.05, 3.63) is 60.6 Å². The van der Waals surface area contributed by atoms with Crippen LogP contribution in [-0.4, -0.2) is 49.1 Å². The molecule has 0 saturated heterocycles. The SMILES string of the molecule is CCN(CC)CCOc1cc(NC(=O)CCCc2ncc(-c3ccccc3)o2)ccc1OC. The summed E-state index contributed by atoms with van der Waals surface area (Å²) < 4.78 is 17.1. The Labute approximate surface area is 195 Å². The average Bonchev–Trinajstić information content (AvgIpc) is 3.31. The molecule has 0 aliphatic rings. The number of oxazole rings is 1. The fraction of sp³-hybridized carbons (Fsp3) is 0.385. The summed E-state index contributed by atoms with van der Waals surface area (Å²) >= 11 is 0. The van der Waals surface area contributed by atoms with Crippen molar-refractivity contribution in [1.29, 1.82) is 0 Å². The van der Waals surface area contributed by atoms with E-state index < -0.39 is 0 Å². The number of benzene rings is 2. The molecule has 7 heteroatoms. The van der Waals surface area contributed by atoms with E-state index in [1.54, 1.807) is 25.4 Å². The van der Waals surface area contributed by atoms with Crippen LogP contribution in [0, 0.1) is 0 Å². The smallest absolute Gasteiger partial charge is 0.224 e. The molecule has 0 aliphatic carbocycles. The fourth-order valence-electron chi connectivity index (χ4n) is 3.48. The maximum Gasteiger partial charge on any atom is 0.224 e. The molecule has 0 bridgehead atoms. The number of hydrogen-bond acceptors (Lipinski definition) is 6. The zero-order valence-corrected chi connectivity index (χ0v) is 19.7. The first-order valence-electron chi connectivity index (χ1n) is 11.5. The Morgan fingerprint density at radius 2 is 1.88 bits per heavy atom. The normalized spacial score (nSPS) is 10.9. The number of aromatic nitrogens is 1. The van der Waals surface area contributed by atoms with Gasteiger partial charge in [0.05, 0.1) is 13.3 Å². The molecule has 0 unspecified atom stereocenters. The molecular weight excluding hydrogens is 418 g/mol. The Kier molecular flexibility index (Phi) is 9.32. The van der Waals surface area contributed by atoms with Gasteiger partial charge in [0.2, 0.25) is 5.91 Å². The lowest BCUT2D eigenvalue weighted by molar-refractivity contribution is -0.116. The minimum absolute atomic E-state index is 0.0657. The summed E-state index contributed by atoms with van der Waals surface area (Å²) in [6, 6.07) is 15.3. The van der Waals surface area contributed by atoms with Gasteiger partial charge in [0.25, 0.3) is 0 Å². The lowest BCUT2D eigenvalue weighted by Crippen LogP contribution is -2.28. The highest BCUT2D eigenvalue weighted by Gasteiger charge is 2.11. The van der Waals surface area contributed by atoms with Crippen molar-refractivity contribution in [2.45, 2.75) is 33.1 Å². The number of likely N-dealkylation sites (N-methyl/N-ethyl adjacent to an activating group) is 1. The number of carbonyl (C=O) groups excluding carboxylic acids is 1. The topological polar surface area (TPSA) is 76.8 Å². The third-order valence-electron chi connectivity index (χ3n) is 5.41. The van der Waals surface area contributed by atoms with Gasteiger partial charge in [0, 0.05) is 36.7 Å². The van der Waals surface area contributed by atoms with Crippen LogP contribution in [0.15, 0.2) is 59.1 Å². The van der Waals surface area contributed by atoms with Crippen LogP contribution in [0.5, 0.6) is 11.5 Å². The quantitative estimate of drug-likeness (QED) is 0.393. The minimum Gasteiger partial charge on any atom is -0.493 e. The Morgan fingerprint density at radius 1 is 1.09 bits per heavy atom. The van der Waals surface area contributed by atoms with Gasteiger partial charge in [0.15, 0.2) is 23.1 Å². The molecule has 33 heavy (non-hydrogen) atoms. The fourth-order valence-corrected chi connectivity index (χ4v) is 3.48. The molecule has 0 aliphatic heterocycles. The molecule has 1 aromatic heterocycles. The summed E-state index contributed by atoms with van der Waals surface area (Å²) in [5.74, 6) is 2.57. The summed E-state index contributed by atoms with van der Waals surface area (Å²) in [5.41, 5.74) is 1.67. The van der Waals surface area contributed by atoms with Crippen LogP contribution in [0.3, 0.4) is 0 Å². The van der Waals surface area contributed by atoms with Crippen LogP contribution < -0.4 is 14.8 Å². The second-order valence-corrected chi connectivity index (χ2v) is 7.63. The molecule has 1 heterocycles. The van der Waals surface area contributed by atoms with Gasteiger partial charge in [-0.3, -0.25) is 4.79 Å². The second kappa shape index (κ2) is 12.6. The van der Waals surface area contributed by atoms with Crippen LogP contribution in [0.25, 0.3) is 11.3 Å². The van der Waals surface area contributed by atoms with Gasteiger partial charge >= 0.3 is 0 Å². The number of rotatable bonds is 13. The lowest BCUT2D eigenvalue weighted by Gasteiger charge is -2.19. The number of amides is 1. The van der Waals surface area contributed by atoms with Gasteiger partial charge < -0.3 is 24.1 Å². The van der Waals surface area contributed by atoms with Gasteiger partial charge in [-0.25, -0.2) is 4.98 Å². The maximum absolute atomic E-state index is 12.4. The Balaban J connectivity index is 1.48. The van der Waals surface area contributed by atoms with Crippen LogP contribution in [0.1, 0.15) is 32.6 Å². The van der Waals surface area contributed by atoms with E-state index in [1.807, 2.05) is 36.4 Å². The van der Waals surface area contributed by atoms with Crippen molar-refractivity contribution in [1.82, 2.24) is 9.88 Å². The summed E-state index contributed by atoms with van der Waals surface area (Å²) in [4.78, 5) is 19.0. The third-order valence-corrected chi connectivity index (χ3v) is 5.41. The molecular formula is C26H33N3O4. The molecule has 1 amide bonds. The van der Waals surface area contributed by atoms with Crippen molar-refractivity contribution in [3.63, 3.8) is 0 Å². The first-order valence-corrected chi connectivity index (χ1v) is 11.5. The van der Waals surface area contributed by atoms with Gasteiger partial charge in [-0.15, -0.1) is 0 Å². The van der Waals surface area contributed by atoms with Crippen LogP contribution in [0.2, 0.25) is 0 Å². The second-order valence-electron chi connectivity index (χ2n) is 7.63. The first kappa shape index (κ1) is 24.3. The summed E-state index contributed by atoms with van der Waals surface area (Å²) in [6.45, 7) is 7.60. The van der Waals surface area contributed by atoms with Crippen molar-refractivity contribution in [2.24, 2.45) is 0 Å². The third kappa shape index (κ3) is 7.36. The summed E-state index contributed by atoms with van der Waals surface area (Å²) in [5, 5.41) is 2.94.